The van der Waals surface area contributed by atoms with Crippen LogP contribution in [0.4, 0.5) is 5.69 Å². The molecule has 17 heavy (non-hydrogen) atoms. The van der Waals surface area contributed by atoms with Gasteiger partial charge in [-0.15, -0.1) is 10.2 Å². The van der Waals surface area contributed by atoms with E-state index in [2.05, 4.69) is 29.1 Å². The molecule has 0 bridgehead atoms. The van der Waals surface area contributed by atoms with Crippen molar-refractivity contribution in [1.82, 2.24) is 10.2 Å². The Morgan fingerprint density at radius 1 is 1.24 bits per heavy atom. The van der Waals surface area contributed by atoms with E-state index in [1.54, 1.807) is 6.07 Å². The van der Waals surface area contributed by atoms with Gasteiger partial charge in [0.25, 0.3) is 0 Å². The highest BCUT2D eigenvalue weighted by molar-refractivity contribution is 6.33. The fourth-order valence-corrected chi connectivity index (χ4v) is 3.01. The van der Waals surface area contributed by atoms with Gasteiger partial charge in [-0.05, 0) is 18.8 Å². The molecule has 1 fully saturated rings. The molecule has 0 amide bonds. The molecule has 0 N–H and O–H groups in total. The number of hydrogen-bond donors (Lipinski definition) is 0. The molecule has 5 heteroatoms. The smallest absolute Gasteiger partial charge is 0.175 e. The zero-order chi connectivity index (χ0) is 12.4. The lowest BCUT2D eigenvalue weighted by Crippen LogP contribution is -2.39. The molecule has 2 atom stereocenters. The van der Waals surface area contributed by atoms with Crippen LogP contribution < -0.4 is 4.90 Å². The maximum absolute atomic E-state index is 6.08. The molecule has 0 radical (unpaired) electrons. The van der Waals surface area contributed by atoms with Crippen LogP contribution in [0.15, 0.2) is 6.07 Å². The Morgan fingerprint density at radius 3 is 2.65 bits per heavy atom. The van der Waals surface area contributed by atoms with Gasteiger partial charge >= 0.3 is 0 Å². The molecule has 1 saturated carbocycles. The first-order valence-corrected chi connectivity index (χ1v) is 6.76. The van der Waals surface area contributed by atoms with Gasteiger partial charge in [-0.25, -0.2) is 0 Å². The summed E-state index contributed by atoms with van der Waals surface area (Å²) in [5.41, 5.74) is 0.880. The normalized spacial score (nSPS) is 24.7. The lowest BCUT2D eigenvalue weighted by atomic mass is 9.85. The lowest BCUT2D eigenvalue weighted by molar-refractivity contribution is 0.321. The maximum atomic E-state index is 6.08. The number of nitrogens with zero attached hydrogens (tertiary/aromatic N) is 3. The molecule has 94 valence electrons. The summed E-state index contributed by atoms with van der Waals surface area (Å²) in [5, 5.41) is 8.42. The Balaban J connectivity index is 2.23. The summed E-state index contributed by atoms with van der Waals surface area (Å²) in [6.45, 7) is 2.30. The van der Waals surface area contributed by atoms with Crippen molar-refractivity contribution in [2.75, 3.05) is 11.9 Å². The monoisotopic (exact) mass is 273 g/mol. The van der Waals surface area contributed by atoms with Crippen LogP contribution in [0.3, 0.4) is 0 Å². The molecule has 1 aromatic heterocycles. The summed E-state index contributed by atoms with van der Waals surface area (Å²) in [7, 11) is 2.06. The van der Waals surface area contributed by atoms with E-state index in [1.807, 2.05) is 0 Å². The predicted molar refractivity (Wildman–Crippen MR) is 71.9 cm³/mol. The van der Waals surface area contributed by atoms with E-state index in [9.17, 15) is 0 Å². The molecule has 0 spiro atoms. The largest absolute Gasteiger partial charge is 0.369 e. The summed E-state index contributed by atoms with van der Waals surface area (Å²) < 4.78 is 0. The molecule has 3 nitrogen and oxygen atoms in total. The Hall–Kier alpha value is -0.540. The SMILES string of the molecule is CC1CCCCC1N(C)c1cc(Cl)nnc1Cl. The van der Waals surface area contributed by atoms with Crippen molar-refractivity contribution in [2.24, 2.45) is 5.92 Å². The van der Waals surface area contributed by atoms with E-state index in [0.29, 0.717) is 22.3 Å². The molecule has 2 rings (SSSR count). The highest BCUT2D eigenvalue weighted by Crippen LogP contribution is 2.33. The molecular formula is C12H17Cl2N3. The van der Waals surface area contributed by atoms with E-state index < -0.39 is 0 Å². The standard InChI is InChI=1S/C12H17Cl2N3/c1-8-5-3-4-6-9(8)17(2)10-7-11(13)15-16-12(10)14/h7-9H,3-6H2,1-2H3. The quantitative estimate of drug-likeness (QED) is 0.821. The molecular weight excluding hydrogens is 257 g/mol. The van der Waals surface area contributed by atoms with E-state index in [-0.39, 0.29) is 0 Å². The molecule has 0 aromatic carbocycles. The van der Waals surface area contributed by atoms with Crippen molar-refractivity contribution >= 4 is 28.9 Å². The zero-order valence-corrected chi connectivity index (χ0v) is 11.7. The van der Waals surface area contributed by atoms with Gasteiger partial charge in [-0.1, -0.05) is 43.0 Å². The minimum absolute atomic E-state index is 0.389. The van der Waals surface area contributed by atoms with Crippen LogP contribution in [-0.2, 0) is 0 Å². The van der Waals surface area contributed by atoms with Gasteiger partial charge in [-0.3, -0.25) is 0 Å². The van der Waals surface area contributed by atoms with Gasteiger partial charge in [-0.2, -0.15) is 0 Å². The van der Waals surface area contributed by atoms with Crippen molar-refractivity contribution in [2.45, 2.75) is 38.6 Å². The molecule has 0 saturated heterocycles. The number of halogens is 2. The molecule has 1 aromatic rings. The van der Waals surface area contributed by atoms with E-state index in [0.717, 1.165) is 5.69 Å². The van der Waals surface area contributed by atoms with Crippen molar-refractivity contribution in [3.8, 4) is 0 Å². The van der Waals surface area contributed by atoms with E-state index >= 15 is 0 Å². The zero-order valence-electron chi connectivity index (χ0n) is 10.2. The Labute approximate surface area is 112 Å². The minimum atomic E-state index is 0.389. The summed E-state index contributed by atoms with van der Waals surface area (Å²) in [6.07, 6.45) is 5.09. The van der Waals surface area contributed by atoms with E-state index in [1.165, 1.54) is 25.7 Å². The molecule has 2 unspecified atom stereocenters. The van der Waals surface area contributed by atoms with Crippen LogP contribution in [0, 0.1) is 5.92 Å². The van der Waals surface area contributed by atoms with Gasteiger partial charge in [0.15, 0.2) is 10.3 Å². The third-order valence-electron chi connectivity index (χ3n) is 3.64. The third kappa shape index (κ3) is 2.83. The summed E-state index contributed by atoms with van der Waals surface area (Å²) >= 11 is 12.0. The minimum Gasteiger partial charge on any atom is -0.369 e. The fourth-order valence-electron chi connectivity index (χ4n) is 2.64. The van der Waals surface area contributed by atoms with Gasteiger partial charge in [0.1, 0.15) is 0 Å². The summed E-state index contributed by atoms with van der Waals surface area (Å²) in [4.78, 5) is 2.20. The van der Waals surface area contributed by atoms with Crippen molar-refractivity contribution in [1.29, 1.82) is 0 Å². The lowest BCUT2D eigenvalue weighted by Gasteiger charge is -2.37. The van der Waals surface area contributed by atoms with Gasteiger partial charge in [0.05, 0.1) is 5.69 Å². The van der Waals surface area contributed by atoms with Gasteiger partial charge < -0.3 is 4.90 Å². The number of hydrogen-bond acceptors (Lipinski definition) is 3. The second-order valence-corrected chi connectivity index (χ2v) is 5.53. The van der Waals surface area contributed by atoms with Crippen LogP contribution in [0.2, 0.25) is 10.3 Å². The van der Waals surface area contributed by atoms with Gasteiger partial charge in [0, 0.05) is 19.2 Å². The molecule has 1 aliphatic rings. The topological polar surface area (TPSA) is 29.0 Å². The predicted octanol–water partition coefficient (Wildman–Crippen LogP) is 3.80. The van der Waals surface area contributed by atoms with Crippen LogP contribution in [0.5, 0.6) is 0 Å². The van der Waals surface area contributed by atoms with Crippen LogP contribution in [0.1, 0.15) is 32.6 Å². The average molecular weight is 274 g/mol. The highest BCUT2D eigenvalue weighted by Gasteiger charge is 2.26. The van der Waals surface area contributed by atoms with Crippen molar-refractivity contribution in [3.05, 3.63) is 16.4 Å². The first-order chi connectivity index (χ1) is 8.09. The van der Waals surface area contributed by atoms with Crippen molar-refractivity contribution in [3.63, 3.8) is 0 Å². The van der Waals surface area contributed by atoms with E-state index in [4.69, 9.17) is 23.2 Å². The first kappa shape index (κ1) is 12.9. The average Bonchev–Trinajstić information content (AvgIpc) is 2.32. The van der Waals surface area contributed by atoms with Gasteiger partial charge in [0.2, 0.25) is 0 Å². The van der Waals surface area contributed by atoms with Crippen LogP contribution in [0.25, 0.3) is 0 Å². The van der Waals surface area contributed by atoms with Crippen molar-refractivity contribution < 1.29 is 0 Å². The molecule has 1 aliphatic carbocycles. The Morgan fingerprint density at radius 2 is 1.94 bits per heavy atom. The summed E-state index contributed by atoms with van der Waals surface area (Å²) in [5.74, 6) is 0.678. The second kappa shape index (κ2) is 5.40. The Bertz CT molecular complexity index is 397. The first-order valence-electron chi connectivity index (χ1n) is 6.01. The summed E-state index contributed by atoms with van der Waals surface area (Å²) in [6, 6.07) is 2.31. The number of aromatic nitrogens is 2. The molecule has 1 heterocycles. The maximum Gasteiger partial charge on any atom is 0.175 e. The van der Waals surface area contributed by atoms with Crippen LogP contribution >= 0.6 is 23.2 Å². The fraction of sp³-hybridized carbons (Fsp3) is 0.667. The second-order valence-electron chi connectivity index (χ2n) is 4.78. The molecule has 0 aliphatic heterocycles. The van der Waals surface area contributed by atoms with Crippen LogP contribution in [-0.4, -0.2) is 23.3 Å². The third-order valence-corrected chi connectivity index (χ3v) is 4.10. The Kier molecular flexibility index (Phi) is 4.10. The highest BCUT2D eigenvalue weighted by atomic mass is 35.5. The number of rotatable bonds is 2. The number of anilines is 1.